The molecule has 16 heavy (non-hydrogen) atoms. The molecule has 5 heteroatoms. The average molecular weight is 222 g/mol. The molecule has 1 aliphatic rings. The van der Waals surface area contributed by atoms with E-state index in [1.807, 2.05) is 0 Å². The molecule has 1 atom stereocenters. The van der Waals surface area contributed by atoms with Crippen LogP contribution in [0.1, 0.15) is 25.7 Å². The van der Waals surface area contributed by atoms with E-state index in [2.05, 4.69) is 15.3 Å². The van der Waals surface area contributed by atoms with Gasteiger partial charge >= 0.3 is 0 Å². The van der Waals surface area contributed by atoms with Crippen LogP contribution in [0.4, 0.5) is 5.82 Å². The lowest BCUT2D eigenvalue weighted by molar-refractivity contribution is 0.461. The van der Waals surface area contributed by atoms with Crippen molar-refractivity contribution in [3.05, 3.63) is 22.7 Å². The van der Waals surface area contributed by atoms with Crippen LogP contribution in [0, 0.1) is 5.92 Å². The second-order valence-electron chi connectivity index (χ2n) is 4.33. The fourth-order valence-corrected chi connectivity index (χ4v) is 2.37. The summed E-state index contributed by atoms with van der Waals surface area (Å²) in [5, 5.41) is 3.26. The van der Waals surface area contributed by atoms with Crippen molar-refractivity contribution in [3.8, 4) is 0 Å². The molecule has 1 aromatic heterocycles. The van der Waals surface area contributed by atoms with Gasteiger partial charge in [-0.1, -0.05) is 12.8 Å². The topological polar surface area (TPSA) is 83.8 Å². The fourth-order valence-electron chi connectivity index (χ4n) is 2.37. The van der Waals surface area contributed by atoms with Gasteiger partial charge < -0.3 is 16.0 Å². The van der Waals surface area contributed by atoms with Crippen molar-refractivity contribution in [2.75, 3.05) is 11.9 Å². The smallest absolute Gasteiger partial charge is 0.252 e. The number of nitrogens with two attached hydrogens (primary N) is 1. The zero-order valence-electron chi connectivity index (χ0n) is 9.28. The van der Waals surface area contributed by atoms with Gasteiger partial charge in [0.1, 0.15) is 5.82 Å². The summed E-state index contributed by atoms with van der Waals surface area (Å²) in [4.78, 5) is 17.7. The van der Waals surface area contributed by atoms with Crippen molar-refractivity contribution >= 4 is 5.82 Å². The maximum absolute atomic E-state index is 11.1. The highest BCUT2D eigenvalue weighted by Gasteiger charge is 2.23. The minimum atomic E-state index is -0.139. The first-order valence-electron chi connectivity index (χ1n) is 5.81. The number of aromatic amines is 1. The summed E-state index contributed by atoms with van der Waals surface area (Å²) in [5.74, 6) is 1.23. The molecule has 2 rings (SSSR count). The van der Waals surface area contributed by atoms with Crippen LogP contribution in [-0.2, 0) is 0 Å². The molecule has 4 N–H and O–H groups in total. The number of hydrogen-bond donors (Lipinski definition) is 3. The van der Waals surface area contributed by atoms with Crippen molar-refractivity contribution in [1.29, 1.82) is 0 Å². The Hall–Kier alpha value is -1.36. The predicted molar refractivity (Wildman–Crippen MR) is 63.3 cm³/mol. The van der Waals surface area contributed by atoms with Crippen LogP contribution in [0.5, 0.6) is 0 Å². The van der Waals surface area contributed by atoms with Crippen LogP contribution < -0.4 is 16.6 Å². The number of nitrogens with zero attached hydrogens (tertiary/aromatic N) is 1. The molecule has 1 aliphatic carbocycles. The van der Waals surface area contributed by atoms with Crippen LogP contribution >= 0.6 is 0 Å². The molecule has 1 fully saturated rings. The quantitative estimate of drug-likeness (QED) is 0.700. The molecule has 0 bridgehead atoms. The van der Waals surface area contributed by atoms with Gasteiger partial charge in [-0.2, -0.15) is 0 Å². The summed E-state index contributed by atoms with van der Waals surface area (Å²) in [7, 11) is 0. The third-order valence-electron chi connectivity index (χ3n) is 3.23. The molecular weight excluding hydrogens is 204 g/mol. The largest absolute Gasteiger partial charge is 0.366 e. The molecule has 0 saturated heterocycles. The third-order valence-corrected chi connectivity index (χ3v) is 3.23. The zero-order chi connectivity index (χ0) is 11.4. The Morgan fingerprint density at radius 1 is 1.56 bits per heavy atom. The molecule has 0 aromatic carbocycles. The molecule has 1 saturated carbocycles. The van der Waals surface area contributed by atoms with E-state index in [0.29, 0.717) is 18.3 Å². The van der Waals surface area contributed by atoms with Gasteiger partial charge in [0.2, 0.25) is 0 Å². The Morgan fingerprint density at radius 2 is 2.31 bits per heavy atom. The molecule has 0 aliphatic heterocycles. The molecule has 1 unspecified atom stereocenters. The van der Waals surface area contributed by atoms with E-state index in [1.54, 1.807) is 0 Å². The molecular formula is C11H18N4O. The minimum absolute atomic E-state index is 0.139. The predicted octanol–water partition coefficient (Wildman–Crippen LogP) is 0.699. The summed E-state index contributed by atoms with van der Waals surface area (Å²) in [5.41, 5.74) is 5.62. The van der Waals surface area contributed by atoms with Gasteiger partial charge in [-0.3, -0.25) is 4.79 Å². The molecule has 1 heterocycles. The highest BCUT2D eigenvalue weighted by Crippen LogP contribution is 2.28. The standard InChI is InChI=1S/C11H18N4O/c12-6-9(8-3-1-2-4-8)15-10-5-11(16)14-7-13-10/h5,7-9H,1-4,6,12H2,(H2,13,14,15,16). The second-order valence-corrected chi connectivity index (χ2v) is 4.33. The Labute approximate surface area is 94.5 Å². The molecule has 1 aromatic rings. The second kappa shape index (κ2) is 5.12. The minimum Gasteiger partial charge on any atom is -0.366 e. The van der Waals surface area contributed by atoms with Crippen molar-refractivity contribution in [3.63, 3.8) is 0 Å². The lowest BCUT2D eigenvalue weighted by Gasteiger charge is -2.23. The summed E-state index contributed by atoms with van der Waals surface area (Å²) in [6.07, 6.45) is 6.42. The third kappa shape index (κ3) is 2.61. The highest BCUT2D eigenvalue weighted by atomic mass is 16.1. The Bertz CT molecular complexity index is 384. The lowest BCUT2D eigenvalue weighted by atomic mass is 9.98. The first-order valence-corrected chi connectivity index (χ1v) is 5.81. The SMILES string of the molecule is NCC(Nc1cc(=O)[nH]cn1)C1CCCC1. The fraction of sp³-hybridized carbons (Fsp3) is 0.636. The van der Waals surface area contributed by atoms with Crippen LogP contribution in [0.15, 0.2) is 17.2 Å². The van der Waals surface area contributed by atoms with Crippen molar-refractivity contribution in [2.24, 2.45) is 11.7 Å². The summed E-state index contributed by atoms with van der Waals surface area (Å²) < 4.78 is 0. The van der Waals surface area contributed by atoms with Gasteiger partial charge in [0, 0.05) is 18.7 Å². The van der Waals surface area contributed by atoms with Crippen LogP contribution in [-0.4, -0.2) is 22.6 Å². The first-order chi connectivity index (χ1) is 7.79. The van der Waals surface area contributed by atoms with Gasteiger partial charge in [-0.25, -0.2) is 4.98 Å². The van der Waals surface area contributed by atoms with Crippen LogP contribution in [0.2, 0.25) is 0 Å². The first kappa shape index (κ1) is 11.1. The van der Waals surface area contributed by atoms with Crippen molar-refractivity contribution < 1.29 is 0 Å². The van der Waals surface area contributed by atoms with E-state index in [1.165, 1.54) is 38.1 Å². The average Bonchev–Trinajstić information content (AvgIpc) is 2.79. The Kier molecular flexibility index (Phi) is 3.56. The van der Waals surface area contributed by atoms with E-state index < -0.39 is 0 Å². The van der Waals surface area contributed by atoms with Crippen molar-refractivity contribution in [2.45, 2.75) is 31.7 Å². The van der Waals surface area contributed by atoms with E-state index >= 15 is 0 Å². The molecule has 88 valence electrons. The number of nitrogens with one attached hydrogen (secondary N) is 2. The van der Waals surface area contributed by atoms with Gasteiger partial charge in [0.05, 0.1) is 6.33 Å². The molecule has 0 amide bonds. The maximum atomic E-state index is 11.1. The van der Waals surface area contributed by atoms with Gasteiger partial charge in [-0.15, -0.1) is 0 Å². The summed E-state index contributed by atoms with van der Waals surface area (Å²) in [6.45, 7) is 0.582. The monoisotopic (exact) mass is 222 g/mol. The normalized spacial score (nSPS) is 18.6. The summed E-state index contributed by atoms with van der Waals surface area (Å²) in [6, 6.07) is 1.70. The van der Waals surface area contributed by atoms with E-state index in [0.717, 1.165) is 0 Å². The number of hydrogen-bond acceptors (Lipinski definition) is 4. The zero-order valence-corrected chi connectivity index (χ0v) is 9.28. The lowest BCUT2D eigenvalue weighted by Crippen LogP contribution is -2.35. The van der Waals surface area contributed by atoms with Crippen LogP contribution in [0.25, 0.3) is 0 Å². The van der Waals surface area contributed by atoms with Gasteiger partial charge in [-0.05, 0) is 18.8 Å². The Balaban J connectivity index is 2.03. The number of H-pyrrole nitrogens is 1. The number of anilines is 1. The van der Waals surface area contributed by atoms with Gasteiger partial charge in [0.25, 0.3) is 5.56 Å². The van der Waals surface area contributed by atoms with E-state index in [-0.39, 0.29) is 11.6 Å². The van der Waals surface area contributed by atoms with Gasteiger partial charge in [0.15, 0.2) is 0 Å². The molecule has 0 spiro atoms. The van der Waals surface area contributed by atoms with Crippen LogP contribution in [0.3, 0.4) is 0 Å². The van der Waals surface area contributed by atoms with E-state index in [9.17, 15) is 4.79 Å². The molecule has 5 nitrogen and oxygen atoms in total. The number of aromatic nitrogens is 2. The summed E-state index contributed by atoms with van der Waals surface area (Å²) >= 11 is 0. The van der Waals surface area contributed by atoms with Crippen molar-refractivity contribution in [1.82, 2.24) is 9.97 Å². The maximum Gasteiger partial charge on any atom is 0.252 e. The Morgan fingerprint density at radius 3 is 2.94 bits per heavy atom. The highest BCUT2D eigenvalue weighted by molar-refractivity contribution is 5.33. The number of rotatable bonds is 4. The molecule has 0 radical (unpaired) electrons. The van der Waals surface area contributed by atoms with E-state index in [4.69, 9.17) is 5.73 Å².